The van der Waals surface area contributed by atoms with Crippen LogP contribution in [0.4, 0.5) is 4.39 Å². The van der Waals surface area contributed by atoms with E-state index in [0.717, 1.165) is 115 Å². The van der Waals surface area contributed by atoms with Crippen LogP contribution in [0.3, 0.4) is 0 Å². The van der Waals surface area contributed by atoms with Crippen LogP contribution >= 0.6 is 11.6 Å². The third-order valence-electron chi connectivity index (χ3n) is 14.2. The molecule has 10 nitrogen and oxygen atoms in total. The molecule has 2 amide bonds. The number of methoxy groups -OCH3 is 1. The predicted octanol–water partition coefficient (Wildman–Crippen LogP) is 6.83. The van der Waals surface area contributed by atoms with Crippen molar-refractivity contribution in [2.45, 2.75) is 99.0 Å². The molecular weight excluding hydrogens is 705 g/mol. The normalized spacial score (nSPS) is 22.1. The number of hydrogen-bond donors (Lipinski definition) is 4. The van der Waals surface area contributed by atoms with E-state index >= 15 is 0 Å². The van der Waals surface area contributed by atoms with E-state index in [1.807, 2.05) is 24.5 Å². The third kappa shape index (κ3) is 3.98. The molecule has 5 aromatic heterocycles. The van der Waals surface area contributed by atoms with Gasteiger partial charge in [-0.2, -0.15) is 0 Å². The maximum absolute atomic E-state index is 14.2. The Bertz CT molecular complexity index is 2560. The van der Waals surface area contributed by atoms with Gasteiger partial charge in [0.05, 0.1) is 46.4 Å². The zero-order valence-corrected chi connectivity index (χ0v) is 30.5. The van der Waals surface area contributed by atoms with Crippen molar-refractivity contribution in [3.05, 3.63) is 92.5 Å². The number of pyridine rings is 3. The Morgan fingerprint density at radius 3 is 1.72 bits per heavy atom. The molecule has 4 spiro atoms. The van der Waals surface area contributed by atoms with E-state index < -0.39 is 5.82 Å². The summed E-state index contributed by atoms with van der Waals surface area (Å²) in [5.74, 6) is -0.355. The quantitative estimate of drug-likeness (QED) is 0.147. The number of amides is 2. The Morgan fingerprint density at radius 1 is 0.685 bits per heavy atom. The molecule has 4 N–H and O–H groups in total. The predicted molar refractivity (Wildman–Crippen MR) is 198 cm³/mol. The molecule has 4 saturated carbocycles. The number of aromatic nitrogens is 5. The topological polar surface area (TPSA) is 138 Å². The van der Waals surface area contributed by atoms with E-state index in [9.17, 15) is 14.0 Å². The number of rotatable bonds is 2. The number of aromatic amines is 2. The Morgan fingerprint density at radius 2 is 1.22 bits per heavy atom. The molecule has 0 radical (unpaired) electrons. The standard InChI is InChI=1S/C24H21FN4O2.C18H16ClN3O/c1-31-22-16(25)8-13(11-27-22)17-9-15-12(10-26-17)2-3-14-18-20(28-19(14)15)23(4-5-23)24(6-7-24)29-21(18)30;19-12-7-11-9(8-20-12)1-2-10-13-15(21-14(10)11)17(3-4-17)18(5-6-18)22-16(13)23/h8-11,28H,2-7H2,1H3,(H,29,30);7-8,21H,1-6H2,(H,22,23). The third-order valence-corrected chi connectivity index (χ3v) is 14.4. The number of ether oxygens (including phenoxy) is 1. The van der Waals surface area contributed by atoms with Gasteiger partial charge in [-0.15, -0.1) is 0 Å². The Hall–Kier alpha value is -5.03. The summed E-state index contributed by atoms with van der Waals surface area (Å²) in [5, 5.41) is 7.21. The number of carbonyl (C=O) groups is 2. The van der Waals surface area contributed by atoms with E-state index in [0.29, 0.717) is 16.4 Å². The molecule has 13 rings (SSSR count). The van der Waals surface area contributed by atoms with Crippen molar-refractivity contribution >= 4 is 23.4 Å². The molecular formula is C42H37ClFN7O3. The first-order chi connectivity index (χ1) is 26.2. The molecule has 4 fully saturated rings. The first-order valence-corrected chi connectivity index (χ1v) is 19.6. The number of nitrogens with zero attached hydrogens (tertiary/aromatic N) is 3. The maximum Gasteiger partial charge on any atom is 0.253 e. The Labute approximate surface area is 315 Å². The van der Waals surface area contributed by atoms with Crippen LogP contribution in [-0.2, 0) is 36.5 Å². The highest BCUT2D eigenvalue weighted by Gasteiger charge is 2.72. The van der Waals surface area contributed by atoms with Crippen LogP contribution < -0.4 is 15.4 Å². The summed E-state index contributed by atoms with van der Waals surface area (Å²) >= 11 is 6.12. The lowest BCUT2D eigenvalue weighted by molar-refractivity contribution is 0.0890. The lowest BCUT2D eigenvalue weighted by Crippen LogP contribution is -2.51. The van der Waals surface area contributed by atoms with Crippen molar-refractivity contribution in [1.29, 1.82) is 0 Å². The van der Waals surface area contributed by atoms with Crippen molar-refractivity contribution in [2.75, 3.05) is 7.11 Å². The summed E-state index contributed by atoms with van der Waals surface area (Å²) < 4.78 is 19.1. The van der Waals surface area contributed by atoms with Crippen molar-refractivity contribution in [3.8, 4) is 39.7 Å². The average Bonchev–Trinajstić information content (AvgIpc) is 3.99. The lowest BCUT2D eigenvalue weighted by Gasteiger charge is -2.33. The number of aryl methyl sites for hydroxylation is 2. The van der Waals surface area contributed by atoms with E-state index in [1.165, 1.54) is 42.8 Å². The van der Waals surface area contributed by atoms with Crippen LogP contribution in [0.15, 0.2) is 36.8 Å². The SMILES string of the molecule is COc1ncc(-c2cc3c(cn2)CCc2c-3[nH]c3c2C(=O)NC2(CC2)C32CC2)cc1F.O=C1NC2(CC2)C2(CC2)c2[nH]c3c(c21)CCc1cnc(Cl)cc1-3. The molecule has 272 valence electrons. The highest BCUT2D eigenvalue weighted by molar-refractivity contribution is 6.29. The molecule has 12 heteroatoms. The number of halogens is 2. The van der Waals surface area contributed by atoms with Gasteiger partial charge in [0.1, 0.15) is 5.15 Å². The molecule has 0 aromatic carbocycles. The van der Waals surface area contributed by atoms with Gasteiger partial charge >= 0.3 is 0 Å². The molecule has 0 saturated heterocycles. The smallest absolute Gasteiger partial charge is 0.253 e. The number of carbonyl (C=O) groups excluding carboxylic acids is 2. The minimum absolute atomic E-state index is 0.0247. The second-order valence-corrected chi connectivity index (χ2v) is 17.2. The zero-order valence-electron chi connectivity index (χ0n) is 29.8. The Balaban J connectivity index is 0.000000126. The summed E-state index contributed by atoms with van der Waals surface area (Å²) in [4.78, 5) is 46.1. The number of hydrogen-bond acceptors (Lipinski definition) is 6. The number of fused-ring (bicyclic) bond motifs is 14. The number of nitrogens with one attached hydrogen (secondary N) is 4. The van der Waals surface area contributed by atoms with Gasteiger partial charge in [-0.3, -0.25) is 14.6 Å². The average molecular weight is 742 g/mol. The lowest BCUT2D eigenvalue weighted by atomic mass is 9.81. The van der Waals surface area contributed by atoms with E-state index in [1.54, 1.807) is 6.20 Å². The maximum atomic E-state index is 14.2. The van der Waals surface area contributed by atoms with Gasteiger partial charge in [0.15, 0.2) is 5.82 Å². The van der Waals surface area contributed by atoms with Crippen molar-refractivity contribution in [3.63, 3.8) is 0 Å². The monoisotopic (exact) mass is 741 g/mol. The van der Waals surface area contributed by atoms with Crippen molar-refractivity contribution in [1.82, 2.24) is 35.6 Å². The van der Waals surface area contributed by atoms with Crippen LogP contribution in [0.5, 0.6) is 5.88 Å². The summed E-state index contributed by atoms with van der Waals surface area (Å²) in [6.07, 6.45) is 17.8. The van der Waals surface area contributed by atoms with E-state index in [-0.39, 0.29) is 39.6 Å². The zero-order chi connectivity index (χ0) is 36.4. The van der Waals surface area contributed by atoms with E-state index in [2.05, 4.69) is 35.6 Å². The van der Waals surface area contributed by atoms with Crippen molar-refractivity contribution < 1.29 is 18.7 Å². The van der Waals surface area contributed by atoms with Gasteiger partial charge in [0.25, 0.3) is 11.8 Å². The summed E-state index contributed by atoms with van der Waals surface area (Å²) in [6.45, 7) is 0. The van der Waals surface area contributed by atoms with Crippen LogP contribution in [0.1, 0.15) is 106 Å². The van der Waals surface area contributed by atoms with Gasteiger partial charge in [-0.05, 0) is 118 Å². The van der Waals surface area contributed by atoms with Crippen LogP contribution in [0.2, 0.25) is 5.15 Å². The Kier molecular flexibility index (Phi) is 5.91. The second kappa shape index (κ2) is 10.2. The van der Waals surface area contributed by atoms with Gasteiger partial charge in [-0.1, -0.05) is 11.6 Å². The fraction of sp³-hybridized carbons (Fsp3) is 0.405. The summed E-state index contributed by atoms with van der Waals surface area (Å²) in [6, 6.07) is 5.32. The van der Waals surface area contributed by atoms with Gasteiger partial charge in [-0.25, -0.2) is 14.4 Å². The van der Waals surface area contributed by atoms with Crippen LogP contribution in [0.25, 0.3) is 33.8 Å². The molecule has 7 heterocycles. The molecule has 2 aliphatic heterocycles. The highest BCUT2D eigenvalue weighted by Crippen LogP contribution is 2.68. The fourth-order valence-corrected chi connectivity index (χ4v) is 11.1. The first kappa shape index (κ1) is 31.3. The summed E-state index contributed by atoms with van der Waals surface area (Å²) in [5.41, 5.74) is 14.6. The molecule has 5 aromatic rings. The molecule has 0 unspecified atom stereocenters. The molecule has 54 heavy (non-hydrogen) atoms. The van der Waals surface area contributed by atoms with Crippen LogP contribution in [0, 0.1) is 5.82 Å². The second-order valence-electron chi connectivity index (χ2n) is 16.8. The van der Waals surface area contributed by atoms with Crippen molar-refractivity contribution in [2.24, 2.45) is 0 Å². The van der Waals surface area contributed by atoms with Gasteiger partial charge in [0, 0.05) is 57.5 Å². The first-order valence-electron chi connectivity index (χ1n) is 19.2. The molecule has 6 aliphatic carbocycles. The highest BCUT2D eigenvalue weighted by atomic mass is 35.5. The largest absolute Gasteiger partial charge is 0.479 e. The molecule has 0 bridgehead atoms. The molecule has 8 aliphatic rings. The van der Waals surface area contributed by atoms with Gasteiger partial charge < -0.3 is 25.3 Å². The summed E-state index contributed by atoms with van der Waals surface area (Å²) in [7, 11) is 1.39. The van der Waals surface area contributed by atoms with Gasteiger partial charge in [0.2, 0.25) is 5.88 Å². The fourth-order valence-electron chi connectivity index (χ4n) is 10.9. The minimum Gasteiger partial charge on any atom is -0.479 e. The molecule has 0 atom stereocenters. The van der Waals surface area contributed by atoms with E-state index in [4.69, 9.17) is 16.3 Å². The number of H-pyrrole nitrogens is 2. The van der Waals surface area contributed by atoms with Crippen LogP contribution in [-0.4, -0.2) is 54.9 Å². The minimum atomic E-state index is -0.516.